The Kier molecular flexibility index (Phi) is 4.22. The van der Waals surface area contributed by atoms with Crippen molar-refractivity contribution in [3.63, 3.8) is 0 Å². The molecule has 0 radical (unpaired) electrons. The molecule has 4 nitrogen and oxygen atoms in total. The van der Waals surface area contributed by atoms with Crippen LogP contribution < -0.4 is 5.32 Å². The van der Waals surface area contributed by atoms with Gasteiger partial charge in [0.1, 0.15) is 5.60 Å². The van der Waals surface area contributed by atoms with Gasteiger partial charge in [-0.05, 0) is 16.3 Å². The summed E-state index contributed by atoms with van der Waals surface area (Å²) in [5.74, 6) is 0. The summed E-state index contributed by atoms with van der Waals surface area (Å²) in [7, 11) is 0. The molecule has 4 heteroatoms. The first-order valence-corrected chi connectivity index (χ1v) is 7.35. The molecule has 1 heterocycles. The Hall–Kier alpha value is -1.46. The lowest BCUT2D eigenvalue weighted by Crippen LogP contribution is -2.42. The fourth-order valence-corrected chi connectivity index (χ4v) is 2.83. The molecule has 0 bridgehead atoms. The summed E-state index contributed by atoms with van der Waals surface area (Å²) >= 11 is 0. The van der Waals surface area contributed by atoms with Crippen molar-refractivity contribution in [2.24, 2.45) is 0 Å². The summed E-state index contributed by atoms with van der Waals surface area (Å²) < 4.78 is 5.21. The van der Waals surface area contributed by atoms with E-state index in [9.17, 15) is 10.2 Å². The largest absolute Gasteiger partial charge is 0.387 e. The van der Waals surface area contributed by atoms with Crippen molar-refractivity contribution < 1.29 is 14.9 Å². The second-order valence-corrected chi connectivity index (χ2v) is 5.74. The molecule has 1 saturated heterocycles. The van der Waals surface area contributed by atoms with E-state index in [2.05, 4.69) is 5.32 Å². The number of aliphatic hydroxyl groups excluding tert-OH is 1. The van der Waals surface area contributed by atoms with Gasteiger partial charge in [-0.15, -0.1) is 0 Å². The standard InChI is InChI=1S/C17H21NO3/c19-16(10-18-11-17(20)8-9-21-12-17)15-7-3-5-13-4-1-2-6-14(13)15/h1-7,16,18-20H,8-12H2/t16-,17?/m0/s1. The third-order valence-electron chi connectivity index (χ3n) is 4.06. The zero-order valence-electron chi connectivity index (χ0n) is 12.0. The summed E-state index contributed by atoms with van der Waals surface area (Å²) in [6.07, 6.45) is 0.0479. The van der Waals surface area contributed by atoms with Crippen LogP contribution in [-0.2, 0) is 4.74 Å². The number of hydrogen-bond donors (Lipinski definition) is 3. The average Bonchev–Trinajstić information content (AvgIpc) is 2.93. The van der Waals surface area contributed by atoms with Crippen LogP contribution in [-0.4, -0.2) is 42.1 Å². The van der Waals surface area contributed by atoms with Crippen LogP contribution in [0.5, 0.6) is 0 Å². The van der Waals surface area contributed by atoms with E-state index in [4.69, 9.17) is 4.74 Å². The van der Waals surface area contributed by atoms with Gasteiger partial charge in [-0.2, -0.15) is 0 Å². The topological polar surface area (TPSA) is 61.7 Å². The predicted octanol–water partition coefficient (Wildman–Crippen LogP) is 1.61. The number of fused-ring (bicyclic) bond motifs is 1. The van der Waals surface area contributed by atoms with Gasteiger partial charge >= 0.3 is 0 Å². The molecule has 0 aliphatic carbocycles. The molecular formula is C17H21NO3. The van der Waals surface area contributed by atoms with Crippen LogP contribution in [0.25, 0.3) is 10.8 Å². The molecule has 0 aromatic heterocycles. The molecule has 1 aliphatic heterocycles. The van der Waals surface area contributed by atoms with Gasteiger partial charge in [0.05, 0.1) is 12.7 Å². The summed E-state index contributed by atoms with van der Waals surface area (Å²) in [5.41, 5.74) is 0.119. The average molecular weight is 287 g/mol. The Bertz CT molecular complexity index is 603. The Morgan fingerprint density at radius 3 is 2.81 bits per heavy atom. The normalized spacial score (nSPS) is 23.5. The van der Waals surface area contributed by atoms with E-state index in [0.717, 1.165) is 16.3 Å². The highest BCUT2D eigenvalue weighted by Crippen LogP contribution is 2.24. The first kappa shape index (κ1) is 14.5. The molecule has 2 aromatic rings. The monoisotopic (exact) mass is 287 g/mol. The molecule has 2 aromatic carbocycles. The number of ether oxygens (including phenoxy) is 1. The van der Waals surface area contributed by atoms with Crippen LogP contribution in [0.4, 0.5) is 0 Å². The Morgan fingerprint density at radius 1 is 1.19 bits per heavy atom. The van der Waals surface area contributed by atoms with Crippen molar-refractivity contribution >= 4 is 10.8 Å². The molecular weight excluding hydrogens is 266 g/mol. The number of nitrogens with one attached hydrogen (secondary N) is 1. The summed E-state index contributed by atoms with van der Waals surface area (Å²) in [6.45, 7) is 1.82. The quantitative estimate of drug-likeness (QED) is 0.782. The van der Waals surface area contributed by atoms with Crippen LogP contribution in [0.15, 0.2) is 42.5 Å². The number of aliphatic hydroxyl groups is 2. The summed E-state index contributed by atoms with van der Waals surface area (Å²) in [5, 5.41) is 25.9. The van der Waals surface area contributed by atoms with Crippen molar-refractivity contribution in [3.8, 4) is 0 Å². The molecule has 3 N–H and O–H groups in total. The summed E-state index contributed by atoms with van der Waals surface area (Å²) in [6, 6.07) is 14.0. The molecule has 0 spiro atoms. The highest BCUT2D eigenvalue weighted by atomic mass is 16.5. The van der Waals surface area contributed by atoms with Crippen molar-refractivity contribution in [3.05, 3.63) is 48.0 Å². The highest BCUT2D eigenvalue weighted by molar-refractivity contribution is 5.85. The van der Waals surface area contributed by atoms with E-state index in [0.29, 0.717) is 32.7 Å². The van der Waals surface area contributed by atoms with Gasteiger partial charge in [0.2, 0.25) is 0 Å². The molecule has 3 rings (SSSR count). The lowest BCUT2D eigenvalue weighted by atomic mass is 10.00. The maximum absolute atomic E-state index is 10.4. The van der Waals surface area contributed by atoms with Crippen LogP contribution in [0.3, 0.4) is 0 Å². The van der Waals surface area contributed by atoms with E-state index < -0.39 is 11.7 Å². The van der Waals surface area contributed by atoms with Crippen molar-refractivity contribution in [1.29, 1.82) is 0 Å². The zero-order chi connectivity index (χ0) is 14.7. The van der Waals surface area contributed by atoms with Crippen LogP contribution in [0.1, 0.15) is 18.1 Å². The SMILES string of the molecule is O[C@@H](CNCC1(O)CCOC1)c1cccc2ccccc12. The maximum atomic E-state index is 10.4. The molecule has 1 fully saturated rings. The van der Waals surface area contributed by atoms with Crippen molar-refractivity contribution in [1.82, 2.24) is 5.32 Å². The lowest BCUT2D eigenvalue weighted by molar-refractivity contribution is 0.0244. The number of hydrogen-bond acceptors (Lipinski definition) is 4. The fraction of sp³-hybridized carbons (Fsp3) is 0.412. The van der Waals surface area contributed by atoms with E-state index in [-0.39, 0.29) is 0 Å². The van der Waals surface area contributed by atoms with E-state index in [1.165, 1.54) is 0 Å². The predicted molar refractivity (Wildman–Crippen MR) is 82.2 cm³/mol. The van der Waals surface area contributed by atoms with Crippen LogP contribution in [0.2, 0.25) is 0 Å². The second-order valence-electron chi connectivity index (χ2n) is 5.74. The van der Waals surface area contributed by atoms with Gasteiger partial charge in [-0.25, -0.2) is 0 Å². The minimum atomic E-state index is -0.793. The minimum Gasteiger partial charge on any atom is -0.387 e. The van der Waals surface area contributed by atoms with Crippen LogP contribution >= 0.6 is 0 Å². The third kappa shape index (κ3) is 3.24. The maximum Gasteiger partial charge on any atom is 0.102 e. The van der Waals surface area contributed by atoms with Gasteiger partial charge in [0.15, 0.2) is 0 Å². The van der Waals surface area contributed by atoms with Gasteiger partial charge in [0.25, 0.3) is 0 Å². The lowest BCUT2D eigenvalue weighted by Gasteiger charge is -2.22. The fourth-order valence-electron chi connectivity index (χ4n) is 2.83. The zero-order valence-corrected chi connectivity index (χ0v) is 12.0. The van der Waals surface area contributed by atoms with Gasteiger partial charge < -0.3 is 20.3 Å². The van der Waals surface area contributed by atoms with Gasteiger partial charge in [0, 0.05) is 26.1 Å². The number of benzene rings is 2. The third-order valence-corrected chi connectivity index (χ3v) is 4.06. The number of rotatable bonds is 5. The van der Waals surface area contributed by atoms with Crippen molar-refractivity contribution in [2.75, 3.05) is 26.3 Å². The Balaban J connectivity index is 1.65. The van der Waals surface area contributed by atoms with E-state index >= 15 is 0 Å². The van der Waals surface area contributed by atoms with E-state index in [1.54, 1.807) is 0 Å². The van der Waals surface area contributed by atoms with Gasteiger partial charge in [-0.3, -0.25) is 0 Å². The first-order valence-electron chi connectivity index (χ1n) is 7.35. The molecule has 2 atom stereocenters. The van der Waals surface area contributed by atoms with Crippen molar-refractivity contribution in [2.45, 2.75) is 18.1 Å². The second kappa shape index (κ2) is 6.12. The Morgan fingerprint density at radius 2 is 2.00 bits per heavy atom. The highest BCUT2D eigenvalue weighted by Gasteiger charge is 2.31. The molecule has 1 aliphatic rings. The van der Waals surface area contributed by atoms with E-state index in [1.807, 2.05) is 42.5 Å². The molecule has 112 valence electrons. The molecule has 1 unspecified atom stereocenters. The van der Waals surface area contributed by atoms with Gasteiger partial charge in [-0.1, -0.05) is 42.5 Å². The smallest absolute Gasteiger partial charge is 0.102 e. The summed E-state index contributed by atoms with van der Waals surface area (Å²) in [4.78, 5) is 0. The molecule has 0 amide bonds. The minimum absolute atomic E-state index is 0.365. The molecule has 21 heavy (non-hydrogen) atoms. The first-order chi connectivity index (χ1) is 10.2. The van der Waals surface area contributed by atoms with Crippen LogP contribution in [0, 0.1) is 0 Å². The Labute approximate surface area is 124 Å². The molecule has 0 saturated carbocycles.